The number of hydrogen-bond donors (Lipinski definition) is 1. The van der Waals surface area contributed by atoms with Crippen molar-refractivity contribution in [1.29, 1.82) is 0 Å². The van der Waals surface area contributed by atoms with E-state index in [9.17, 15) is 5.11 Å². The van der Waals surface area contributed by atoms with Crippen molar-refractivity contribution in [3.05, 3.63) is 41.5 Å². The normalized spacial score (nSPS) is 28.0. The Balaban J connectivity index is 2.15. The Bertz CT molecular complexity index is 497. The highest BCUT2D eigenvalue weighted by molar-refractivity contribution is 5.64. The van der Waals surface area contributed by atoms with Crippen molar-refractivity contribution in [2.75, 3.05) is 0 Å². The minimum absolute atomic E-state index is 0.323. The van der Waals surface area contributed by atoms with E-state index in [1.165, 1.54) is 29.5 Å². The molecule has 1 saturated carbocycles. The molecule has 0 aliphatic heterocycles. The molecule has 0 unspecified atom stereocenters. The van der Waals surface area contributed by atoms with Crippen LogP contribution in [0.2, 0.25) is 0 Å². The van der Waals surface area contributed by atoms with Crippen LogP contribution in [0.5, 0.6) is 0 Å². The fraction of sp³-hybridized carbons (Fsp3) is 0.619. The van der Waals surface area contributed by atoms with Crippen molar-refractivity contribution >= 4 is 5.57 Å². The summed E-state index contributed by atoms with van der Waals surface area (Å²) in [5, 5.41) is 10.8. The molecular weight excluding hydrogens is 268 g/mol. The van der Waals surface area contributed by atoms with Crippen LogP contribution in [-0.2, 0) is 0 Å². The lowest BCUT2D eigenvalue weighted by Gasteiger charge is -2.39. The van der Waals surface area contributed by atoms with Gasteiger partial charge in [0.05, 0.1) is 6.10 Å². The topological polar surface area (TPSA) is 20.2 Å². The Kier molecular flexibility index (Phi) is 5.86. The van der Waals surface area contributed by atoms with E-state index >= 15 is 0 Å². The van der Waals surface area contributed by atoms with Gasteiger partial charge in [0.1, 0.15) is 0 Å². The molecule has 0 spiro atoms. The Morgan fingerprint density at radius 1 is 1.14 bits per heavy atom. The lowest BCUT2D eigenvalue weighted by atomic mass is 9.68. The van der Waals surface area contributed by atoms with Gasteiger partial charge >= 0.3 is 0 Å². The fourth-order valence-corrected chi connectivity index (χ4v) is 3.96. The minimum Gasteiger partial charge on any atom is -0.389 e. The van der Waals surface area contributed by atoms with Crippen molar-refractivity contribution < 1.29 is 5.11 Å². The first-order chi connectivity index (χ1) is 10.4. The van der Waals surface area contributed by atoms with Crippen LogP contribution in [0.1, 0.15) is 58.1 Å². The Morgan fingerprint density at radius 2 is 1.77 bits per heavy atom. The molecule has 1 heteroatoms. The summed E-state index contributed by atoms with van der Waals surface area (Å²) in [7, 11) is 0. The monoisotopic (exact) mass is 300 g/mol. The van der Waals surface area contributed by atoms with E-state index in [1.54, 1.807) is 0 Å². The van der Waals surface area contributed by atoms with E-state index < -0.39 is 0 Å². The largest absolute Gasteiger partial charge is 0.389 e. The second kappa shape index (κ2) is 7.46. The quantitative estimate of drug-likeness (QED) is 0.782. The van der Waals surface area contributed by atoms with Crippen LogP contribution in [0.4, 0.5) is 0 Å². The summed E-state index contributed by atoms with van der Waals surface area (Å²) < 4.78 is 0. The molecule has 0 radical (unpaired) electrons. The predicted octanol–water partition coefficient (Wildman–Crippen LogP) is 5.47. The van der Waals surface area contributed by atoms with Gasteiger partial charge in [0.2, 0.25) is 0 Å². The van der Waals surface area contributed by atoms with Crippen molar-refractivity contribution in [3.63, 3.8) is 0 Å². The smallest absolute Gasteiger partial charge is 0.0757 e. The third kappa shape index (κ3) is 4.23. The van der Waals surface area contributed by atoms with Crippen LogP contribution in [-0.4, -0.2) is 11.2 Å². The molecule has 1 aliphatic rings. The molecule has 122 valence electrons. The maximum atomic E-state index is 10.8. The molecule has 1 N–H and O–H groups in total. The highest BCUT2D eigenvalue weighted by Crippen LogP contribution is 2.40. The number of aliphatic hydroxyl groups is 1. The average Bonchev–Trinajstić information content (AvgIpc) is 2.47. The molecule has 4 atom stereocenters. The summed E-state index contributed by atoms with van der Waals surface area (Å²) in [6, 6.07) is 8.58. The molecule has 0 heterocycles. The lowest BCUT2D eigenvalue weighted by Crippen LogP contribution is -2.35. The summed E-state index contributed by atoms with van der Waals surface area (Å²) >= 11 is 0. The number of rotatable bonds is 4. The van der Waals surface area contributed by atoms with Gasteiger partial charge in [0.15, 0.2) is 0 Å². The summed E-state index contributed by atoms with van der Waals surface area (Å²) in [4.78, 5) is 0. The van der Waals surface area contributed by atoms with Gasteiger partial charge in [-0.25, -0.2) is 0 Å². The molecule has 0 saturated heterocycles. The van der Waals surface area contributed by atoms with E-state index in [0.717, 1.165) is 12.3 Å². The molecule has 1 fully saturated rings. The summed E-state index contributed by atoms with van der Waals surface area (Å²) in [6.07, 6.45) is 5.49. The van der Waals surface area contributed by atoms with Crippen LogP contribution in [0, 0.1) is 30.6 Å². The summed E-state index contributed by atoms with van der Waals surface area (Å²) in [5.74, 6) is 2.44. The van der Waals surface area contributed by atoms with Gasteiger partial charge in [-0.2, -0.15) is 0 Å². The zero-order valence-electron chi connectivity index (χ0n) is 14.8. The molecule has 0 amide bonds. The highest BCUT2D eigenvalue weighted by atomic mass is 16.3. The second-order valence-electron chi connectivity index (χ2n) is 7.70. The number of aliphatic hydroxyl groups excluding tert-OH is 1. The van der Waals surface area contributed by atoms with E-state index in [-0.39, 0.29) is 6.10 Å². The molecule has 2 rings (SSSR count). The number of allylic oxidation sites excluding steroid dienone is 1. The maximum absolute atomic E-state index is 10.8. The van der Waals surface area contributed by atoms with Crippen molar-refractivity contribution in [2.24, 2.45) is 23.7 Å². The van der Waals surface area contributed by atoms with E-state index in [4.69, 9.17) is 0 Å². The molecule has 0 aromatic heterocycles. The first-order valence-electron chi connectivity index (χ1n) is 8.82. The van der Waals surface area contributed by atoms with Gasteiger partial charge in [-0.15, -0.1) is 0 Å². The van der Waals surface area contributed by atoms with Crippen molar-refractivity contribution in [1.82, 2.24) is 0 Å². The van der Waals surface area contributed by atoms with Crippen LogP contribution >= 0.6 is 0 Å². The third-order valence-electron chi connectivity index (χ3n) is 5.44. The van der Waals surface area contributed by atoms with Gasteiger partial charge in [-0.3, -0.25) is 0 Å². The molecule has 0 bridgehead atoms. The van der Waals surface area contributed by atoms with E-state index in [0.29, 0.717) is 17.8 Å². The number of hydrogen-bond acceptors (Lipinski definition) is 1. The fourth-order valence-electron chi connectivity index (χ4n) is 3.96. The van der Waals surface area contributed by atoms with E-state index in [1.807, 2.05) is 0 Å². The second-order valence-corrected chi connectivity index (χ2v) is 7.70. The van der Waals surface area contributed by atoms with Crippen molar-refractivity contribution in [2.45, 2.75) is 60.0 Å². The van der Waals surface area contributed by atoms with Gasteiger partial charge in [0, 0.05) is 0 Å². The van der Waals surface area contributed by atoms with Crippen LogP contribution < -0.4 is 0 Å². The zero-order valence-corrected chi connectivity index (χ0v) is 14.8. The Labute approximate surface area is 136 Å². The SMILES string of the molecule is C/C(=C\[C@H](O)[C@@H]1C[C@H](C)CC[C@H]1C(C)C)c1ccc(C)cc1. The van der Waals surface area contributed by atoms with Crippen LogP contribution in [0.3, 0.4) is 0 Å². The molecular formula is C21H32O. The molecule has 1 aromatic rings. The first kappa shape index (κ1) is 17.3. The molecule has 1 nitrogen and oxygen atoms in total. The van der Waals surface area contributed by atoms with Gasteiger partial charge in [-0.05, 0) is 61.5 Å². The predicted molar refractivity (Wildman–Crippen MR) is 95.7 cm³/mol. The third-order valence-corrected chi connectivity index (χ3v) is 5.44. The molecule has 22 heavy (non-hydrogen) atoms. The zero-order chi connectivity index (χ0) is 16.3. The van der Waals surface area contributed by atoms with Crippen LogP contribution in [0.25, 0.3) is 5.57 Å². The Hall–Kier alpha value is -1.08. The first-order valence-corrected chi connectivity index (χ1v) is 8.82. The number of benzene rings is 1. The summed E-state index contributed by atoms with van der Waals surface area (Å²) in [5.41, 5.74) is 3.68. The lowest BCUT2D eigenvalue weighted by molar-refractivity contribution is 0.0429. The van der Waals surface area contributed by atoms with Crippen molar-refractivity contribution in [3.8, 4) is 0 Å². The summed E-state index contributed by atoms with van der Waals surface area (Å²) in [6.45, 7) is 11.2. The number of aryl methyl sites for hydroxylation is 1. The average molecular weight is 300 g/mol. The van der Waals surface area contributed by atoms with Gasteiger partial charge < -0.3 is 5.11 Å². The molecule has 1 aromatic carbocycles. The van der Waals surface area contributed by atoms with Crippen LogP contribution in [0.15, 0.2) is 30.3 Å². The van der Waals surface area contributed by atoms with E-state index in [2.05, 4.69) is 65.0 Å². The standard InChI is InChI=1S/C21H32O/c1-14(2)19-11-8-16(4)12-20(19)21(22)13-17(5)18-9-6-15(3)7-10-18/h6-7,9-10,13-14,16,19-22H,8,11-12H2,1-5H3/b17-13+/t16-,19+,20-,21+/m1/s1. The van der Waals surface area contributed by atoms with Gasteiger partial charge in [-0.1, -0.05) is 63.1 Å². The van der Waals surface area contributed by atoms with Gasteiger partial charge in [0.25, 0.3) is 0 Å². The Morgan fingerprint density at radius 3 is 2.36 bits per heavy atom. The highest BCUT2D eigenvalue weighted by Gasteiger charge is 2.34. The minimum atomic E-state index is -0.323. The molecule has 1 aliphatic carbocycles. The maximum Gasteiger partial charge on any atom is 0.0757 e.